The van der Waals surface area contributed by atoms with Crippen LogP contribution in [0, 0.1) is 32.4 Å². The van der Waals surface area contributed by atoms with E-state index in [0.29, 0.717) is 11.3 Å². The molecule has 2 aromatic rings. The van der Waals surface area contributed by atoms with Gasteiger partial charge in [0.1, 0.15) is 11.6 Å². The predicted octanol–water partition coefficient (Wildman–Crippen LogP) is 4.13. The van der Waals surface area contributed by atoms with Gasteiger partial charge >= 0.3 is 0 Å². The largest absolute Gasteiger partial charge is 0.391 e. The Morgan fingerprint density at radius 2 is 1.72 bits per heavy atom. The molecule has 0 fully saturated rings. The normalized spacial score (nSPS) is 12.9. The smallest absolute Gasteiger partial charge is 0.253 e. The van der Waals surface area contributed by atoms with Gasteiger partial charge in [0, 0.05) is 23.7 Å². The number of hydrogen-bond donors (Lipinski definition) is 3. The first-order chi connectivity index (χ1) is 13.8. The molecule has 0 bridgehead atoms. The lowest BCUT2D eigenvalue weighted by molar-refractivity contribution is 0.0915. The summed E-state index contributed by atoms with van der Waals surface area (Å²) in [5, 5.41) is 13.6. The molecule has 180 valence electrons. The van der Waals surface area contributed by atoms with Gasteiger partial charge < -0.3 is 16.2 Å². The average Bonchev–Trinajstić information content (AvgIpc) is 2.61. The van der Waals surface area contributed by atoms with Gasteiger partial charge in [0.2, 0.25) is 0 Å². The molecule has 0 spiro atoms. The Morgan fingerprint density at radius 3 is 2.28 bits per heavy atom. The van der Waals surface area contributed by atoms with Crippen LogP contribution < -0.4 is 11.1 Å². The molecule has 0 aliphatic heterocycles. The number of benzene rings is 1. The number of carbonyl (C=O) groups is 1. The van der Waals surface area contributed by atoms with Crippen molar-refractivity contribution in [3.05, 3.63) is 63.5 Å². The van der Waals surface area contributed by atoms with E-state index in [1.165, 1.54) is 0 Å². The Morgan fingerprint density at radius 1 is 1.12 bits per heavy atom. The number of amides is 1. The molecule has 0 aliphatic rings. The molecule has 1 aromatic heterocycles. The van der Waals surface area contributed by atoms with Crippen LogP contribution in [0.5, 0.6) is 0 Å². The second-order valence-electron chi connectivity index (χ2n) is 8.85. The number of aliphatic hydroxyl groups is 1. The molecule has 1 aromatic carbocycles. The number of pyridine rings is 1. The number of nitrogens with zero attached hydrogens (tertiary/aromatic N) is 1. The molecule has 2 atom stereocenters. The molecule has 5 nitrogen and oxygen atoms in total. The Kier molecular flexibility index (Phi) is 11.2. The van der Waals surface area contributed by atoms with E-state index in [4.69, 9.17) is 5.73 Å². The second-order valence-corrected chi connectivity index (χ2v) is 8.85. The summed E-state index contributed by atoms with van der Waals surface area (Å²) in [6.07, 6.45) is -1.12. The van der Waals surface area contributed by atoms with E-state index in [2.05, 4.69) is 10.3 Å². The first-order valence-corrected chi connectivity index (χ1v) is 9.97. The van der Waals surface area contributed by atoms with Crippen molar-refractivity contribution in [1.29, 1.82) is 0 Å². The quantitative estimate of drug-likeness (QED) is 0.566. The van der Waals surface area contributed by atoms with Gasteiger partial charge in [-0.15, -0.1) is 24.8 Å². The first-order valence-electron chi connectivity index (χ1n) is 9.97. The standard InChI is InChI=1S/C23H31F2N3O2.2ClH/c1-12-13(2)21(22(30)28-23(4,5)6)19(27-14(12)3)11-20(29)18(26)10-15-9-16(24)7-8-17(15)25;;/h7-9,18,20,29H,10-11,26H2,1-6H3,(H,28,30);2*1H/t18-,20+;;/m1../s1. The lowest BCUT2D eigenvalue weighted by Gasteiger charge is -2.25. The number of halogens is 4. The van der Waals surface area contributed by atoms with Crippen molar-refractivity contribution in [3.8, 4) is 0 Å². The van der Waals surface area contributed by atoms with Crippen LogP contribution in [0.15, 0.2) is 18.2 Å². The molecule has 2 rings (SSSR count). The maximum Gasteiger partial charge on any atom is 0.253 e. The number of rotatable bonds is 6. The summed E-state index contributed by atoms with van der Waals surface area (Å²) in [4.78, 5) is 17.5. The summed E-state index contributed by atoms with van der Waals surface area (Å²) in [6.45, 7) is 11.2. The second kappa shape index (κ2) is 11.9. The van der Waals surface area contributed by atoms with Gasteiger partial charge in [0.15, 0.2) is 0 Å². The molecule has 0 radical (unpaired) electrons. The Hall–Kier alpha value is -1.80. The maximum atomic E-state index is 13.9. The van der Waals surface area contributed by atoms with Crippen LogP contribution in [0.25, 0.3) is 0 Å². The van der Waals surface area contributed by atoms with E-state index < -0.39 is 29.3 Å². The number of aromatic nitrogens is 1. The zero-order chi connectivity index (χ0) is 22.8. The first kappa shape index (κ1) is 30.2. The van der Waals surface area contributed by atoms with Crippen molar-refractivity contribution in [2.75, 3.05) is 0 Å². The van der Waals surface area contributed by atoms with Crippen LogP contribution in [0.4, 0.5) is 8.78 Å². The highest BCUT2D eigenvalue weighted by molar-refractivity contribution is 5.97. The highest BCUT2D eigenvalue weighted by atomic mass is 35.5. The third-order valence-electron chi connectivity index (χ3n) is 5.15. The predicted molar refractivity (Wildman–Crippen MR) is 128 cm³/mol. The van der Waals surface area contributed by atoms with E-state index in [1.807, 2.05) is 41.5 Å². The van der Waals surface area contributed by atoms with E-state index in [9.17, 15) is 18.7 Å². The lowest BCUT2D eigenvalue weighted by Crippen LogP contribution is -2.42. The number of nitrogens with one attached hydrogen (secondary N) is 1. The van der Waals surface area contributed by atoms with E-state index in [1.54, 1.807) is 0 Å². The number of aryl methyl sites for hydroxylation is 1. The van der Waals surface area contributed by atoms with Gasteiger partial charge in [-0.1, -0.05) is 0 Å². The molecule has 0 aliphatic carbocycles. The highest BCUT2D eigenvalue weighted by Crippen LogP contribution is 2.22. The summed E-state index contributed by atoms with van der Waals surface area (Å²) >= 11 is 0. The molecule has 1 heterocycles. The molecule has 9 heteroatoms. The fraction of sp³-hybridized carbons (Fsp3) is 0.478. The van der Waals surface area contributed by atoms with Gasteiger partial charge in [0.25, 0.3) is 5.91 Å². The van der Waals surface area contributed by atoms with Gasteiger partial charge in [0.05, 0.1) is 17.4 Å². The van der Waals surface area contributed by atoms with Crippen LogP contribution in [-0.4, -0.2) is 33.7 Å². The third-order valence-corrected chi connectivity index (χ3v) is 5.15. The Balaban J connectivity index is 0.00000480. The summed E-state index contributed by atoms with van der Waals surface area (Å²) in [5.74, 6) is -1.42. The fourth-order valence-corrected chi connectivity index (χ4v) is 3.31. The molecule has 0 saturated carbocycles. The van der Waals surface area contributed by atoms with Crippen molar-refractivity contribution in [3.63, 3.8) is 0 Å². The van der Waals surface area contributed by atoms with Gasteiger partial charge in [-0.05, 0) is 82.9 Å². The summed E-state index contributed by atoms with van der Waals surface area (Å²) in [6, 6.07) is 2.28. The van der Waals surface area contributed by atoms with Gasteiger partial charge in [-0.2, -0.15) is 0 Å². The number of aliphatic hydroxyl groups excluding tert-OH is 1. The summed E-state index contributed by atoms with van der Waals surface area (Å²) in [5.41, 5.74) is 9.02. The maximum absolute atomic E-state index is 13.9. The topological polar surface area (TPSA) is 88.2 Å². The molecule has 32 heavy (non-hydrogen) atoms. The van der Waals surface area contributed by atoms with Crippen LogP contribution in [0.1, 0.15) is 59.2 Å². The molecule has 0 saturated heterocycles. The fourth-order valence-electron chi connectivity index (χ4n) is 3.31. The monoisotopic (exact) mass is 491 g/mol. The molecular weight excluding hydrogens is 459 g/mol. The van der Waals surface area contributed by atoms with Gasteiger partial charge in [-0.25, -0.2) is 8.78 Å². The van der Waals surface area contributed by atoms with Crippen LogP contribution in [0.2, 0.25) is 0 Å². The molecule has 1 amide bonds. The minimum absolute atomic E-state index is 0. The van der Waals surface area contributed by atoms with Crippen LogP contribution >= 0.6 is 24.8 Å². The average molecular weight is 492 g/mol. The minimum atomic E-state index is -1.09. The molecular formula is C23H33Cl2F2N3O2. The SMILES string of the molecule is Cc1nc(C[C@H](O)[C@H](N)Cc2cc(F)ccc2F)c(C(=O)NC(C)(C)C)c(C)c1C.Cl.Cl. The van der Waals surface area contributed by atoms with E-state index in [0.717, 1.165) is 35.0 Å². The lowest BCUT2D eigenvalue weighted by atomic mass is 9.93. The number of nitrogens with two attached hydrogens (primary N) is 1. The van der Waals surface area contributed by atoms with E-state index >= 15 is 0 Å². The van der Waals surface area contributed by atoms with Crippen molar-refractivity contribution in [2.24, 2.45) is 5.73 Å². The Labute approximate surface area is 201 Å². The molecule has 4 N–H and O–H groups in total. The third kappa shape index (κ3) is 7.66. The van der Waals surface area contributed by atoms with Crippen molar-refractivity contribution < 1.29 is 18.7 Å². The van der Waals surface area contributed by atoms with Gasteiger partial charge in [-0.3, -0.25) is 9.78 Å². The van der Waals surface area contributed by atoms with Crippen LogP contribution in [0.3, 0.4) is 0 Å². The highest BCUT2D eigenvalue weighted by Gasteiger charge is 2.26. The zero-order valence-electron chi connectivity index (χ0n) is 19.3. The number of hydrogen-bond acceptors (Lipinski definition) is 4. The molecule has 0 unspecified atom stereocenters. The summed E-state index contributed by atoms with van der Waals surface area (Å²) in [7, 11) is 0. The van der Waals surface area contributed by atoms with Crippen molar-refractivity contribution >= 4 is 30.7 Å². The zero-order valence-corrected chi connectivity index (χ0v) is 20.9. The summed E-state index contributed by atoms with van der Waals surface area (Å²) < 4.78 is 27.4. The van der Waals surface area contributed by atoms with Crippen molar-refractivity contribution in [1.82, 2.24) is 10.3 Å². The minimum Gasteiger partial charge on any atom is -0.391 e. The Bertz CT molecular complexity index is 950. The number of carbonyl (C=O) groups excluding carboxylic acids is 1. The van der Waals surface area contributed by atoms with Crippen molar-refractivity contribution in [2.45, 2.75) is 72.1 Å². The van der Waals surface area contributed by atoms with Crippen LogP contribution in [-0.2, 0) is 12.8 Å². The van der Waals surface area contributed by atoms with E-state index in [-0.39, 0.29) is 49.1 Å².